The van der Waals surface area contributed by atoms with Crippen LogP contribution in [0.5, 0.6) is 0 Å². The van der Waals surface area contributed by atoms with Crippen LogP contribution in [0.4, 0.5) is 9.59 Å². The Balaban J connectivity index is 2.08. The molecule has 2 unspecified atom stereocenters. The first-order valence-corrected chi connectivity index (χ1v) is 6.86. The quantitative estimate of drug-likeness (QED) is 0.823. The molecule has 2 aromatic rings. The fourth-order valence-electron chi connectivity index (χ4n) is 3.03. The van der Waals surface area contributed by atoms with Crippen LogP contribution >= 0.6 is 0 Å². The van der Waals surface area contributed by atoms with Gasteiger partial charge in [-0.3, -0.25) is 0 Å². The minimum Gasteiger partial charge on any atom is -0.450 e. The molecule has 0 aromatic heterocycles. The summed E-state index contributed by atoms with van der Waals surface area (Å²) in [6, 6.07) is 11.4. The highest BCUT2D eigenvalue weighted by molar-refractivity contribution is 5.87. The number of benzene rings is 2. The first-order valence-electron chi connectivity index (χ1n) is 6.86. The van der Waals surface area contributed by atoms with E-state index >= 15 is 0 Å². The second kappa shape index (κ2) is 5.55. The zero-order chi connectivity index (χ0) is 15.7. The number of hydrogen-bond donors (Lipinski definition) is 2. The molecule has 6 heteroatoms. The van der Waals surface area contributed by atoms with Crippen molar-refractivity contribution in [3.05, 3.63) is 47.5 Å². The third-order valence-electron chi connectivity index (χ3n) is 3.88. The highest BCUT2D eigenvalue weighted by Crippen LogP contribution is 2.38. The Hall–Kier alpha value is -2.76. The van der Waals surface area contributed by atoms with Crippen molar-refractivity contribution in [2.75, 3.05) is 0 Å². The average molecular weight is 302 g/mol. The lowest BCUT2D eigenvalue weighted by Gasteiger charge is -2.31. The Morgan fingerprint density at radius 3 is 2.45 bits per heavy atom. The van der Waals surface area contributed by atoms with Gasteiger partial charge in [0.15, 0.2) is 6.10 Å². The van der Waals surface area contributed by atoms with Crippen LogP contribution in [0.1, 0.15) is 23.7 Å². The van der Waals surface area contributed by atoms with E-state index in [0.29, 0.717) is 18.4 Å². The normalized spacial score (nSPS) is 20.2. The number of fused-ring (bicyclic) bond motifs is 3. The van der Waals surface area contributed by atoms with Crippen molar-refractivity contribution < 1.29 is 29.3 Å². The molecule has 114 valence electrons. The van der Waals surface area contributed by atoms with Crippen LogP contribution in [0.25, 0.3) is 10.8 Å². The molecule has 22 heavy (non-hydrogen) atoms. The molecule has 0 aliphatic heterocycles. The van der Waals surface area contributed by atoms with Crippen molar-refractivity contribution in [1.82, 2.24) is 0 Å². The molecule has 0 saturated carbocycles. The minimum atomic E-state index is -1.45. The van der Waals surface area contributed by atoms with E-state index in [4.69, 9.17) is 19.7 Å². The van der Waals surface area contributed by atoms with Gasteiger partial charge >= 0.3 is 12.3 Å². The van der Waals surface area contributed by atoms with Gasteiger partial charge in [0.05, 0.1) is 0 Å². The smallest absolute Gasteiger partial charge is 0.450 e. The molecule has 2 atom stereocenters. The average Bonchev–Trinajstić information content (AvgIpc) is 2.48. The molecule has 0 bridgehead atoms. The summed E-state index contributed by atoms with van der Waals surface area (Å²) in [6.07, 6.45) is -3.68. The molecular formula is C16H14O6. The Labute approximate surface area is 125 Å². The zero-order valence-electron chi connectivity index (χ0n) is 11.6. The summed E-state index contributed by atoms with van der Waals surface area (Å²) in [4.78, 5) is 21.7. The van der Waals surface area contributed by atoms with Gasteiger partial charge in [-0.15, -0.1) is 0 Å². The molecule has 0 radical (unpaired) electrons. The molecule has 1 aliphatic carbocycles. The lowest BCUT2D eigenvalue weighted by atomic mass is 9.84. The standard InChI is InChI=1S/C16H14O6/c17-15(18)21-13-8-7-11-10-4-2-1-3-9(10)5-6-12(11)14(13)22-16(19)20/h1-6,13-14H,7-8H2,(H,17,18)(H,19,20). The van der Waals surface area contributed by atoms with Crippen LogP contribution in [0.15, 0.2) is 36.4 Å². The van der Waals surface area contributed by atoms with Crippen LogP contribution in [0.2, 0.25) is 0 Å². The maximum Gasteiger partial charge on any atom is 0.506 e. The van der Waals surface area contributed by atoms with Gasteiger partial charge in [0.2, 0.25) is 0 Å². The molecule has 0 fully saturated rings. The molecule has 0 spiro atoms. The van der Waals surface area contributed by atoms with E-state index in [9.17, 15) is 9.59 Å². The number of carboxylic acid groups (broad SMARTS) is 2. The van der Waals surface area contributed by atoms with E-state index < -0.39 is 24.5 Å². The van der Waals surface area contributed by atoms with Crippen molar-refractivity contribution in [2.45, 2.75) is 25.0 Å². The Morgan fingerprint density at radius 2 is 1.73 bits per heavy atom. The number of hydrogen-bond acceptors (Lipinski definition) is 4. The van der Waals surface area contributed by atoms with E-state index in [0.717, 1.165) is 16.3 Å². The molecule has 3 rings (SSSR count). The van der Waals surface area contributed by atoms with Gasteiger partial charge in [0, 0.05) is 5.56 Å². The highest BCUT2D eigenvalue weighted by Gasteiger charge is 2.36. The molecule has 0 heterocycles. The van der Waals surface area contributed by atoms with Crippen molar-refractivity contribution in [2.24, 2.45) is 0 Å². The topological polar surface area (TPSA) is 93.1 Å². The van der Waals surface area contributed by atoms with Gasteiger partial charge in [-0.1, -0.05) is 36.4 Å². The van der Waals surface area contributed by atoms with Gasteiger partial charge in [0.1, 0.15) is 6.10 Å². The molecule has 0 amide bonds. The second-order valence-electron chi connectivity index (χ2n) is 5.12. The fraction of sp³-hybridized carbons (Fsp3) is 0.250. The largest absolute Gasteiger partial charge is 0.506 e. The molecule has 2 aromatic carbocycles. The lowest BCUT2D eigenvalue weighted by molar-refractivity contribution is -0.0490. The van der Waals surface area contributed by atoms with Crippen LogP contribution in [-0.2, 0) is 15.9 Å². The number of rotatable bonds is 2. The van der Waals surface area contributed by atoms with Crippen molar-refractivity contribution in [1.29, 1.82) is 0 Å². The Morgan fingerprint density at radius 1 is 1.00 bits per heavy atom. The maximum atomic E-state index is 10.9. The molecular weight excluding hydrogens is 288 g/mol. The predicted octanol–water partition coefficient (Wildman–Crippen LogP) is 3.58. The van der Waals surface area contributed by atoms with Gasteiger partial charge in [-0.25, -0.2) is 9.59 Å². The molecule has 0 saturated heterocycles. The first kappa shape index (κ1) is 14.2. The van der Waals surface area contributed by atoms with E-state index in [1.807, 2.05) is 30.3 Å². The van der Waals surface area contributed by atoms with Gasteiger partial charge in [0.25, 0.3) is 0 Å². The van der Waals surface area contributed by atoms with Crippen molar-refractivity contribution >= 4 is 23.1 Å². The summed E-state index contributed by atoms with van der Waals surface area (Å²) in [6.45, 7) is 0. The van der Waals surface area contributed by atoms with Crippen LogP contribution in [0.3, 0.4) is 0 Å². The molecule has 6 nitrogen and oxygen atoms in total. The summed E-state index contributed by atoms with van der Waals surface area (Å²) in [5, 5.41) is 19.8. The fourth-order valence-corrected chi connectivity index (χ4v) is 3.03. The van der Waals surface area contributed by atoms with Gasteiger partial charge < -0.3 is 19.7 Å². The lowest BCUT2D eigenvalue weighted by Crippen LogP contribution is -2.32. The first-order chi connectivity index (χ1) is 10.6. The number of ether oxygens (including phenoxy) is 2. The summed E-state index contributed by atoms with van der Waals surface area (Å²) in [5.74, 6) is 0. The predicted molar refractivity (Wildman–Crippen MR) is 77.0 cm³/mol. The van der Waals surface area contributed by atoms with E-state index in [1.54, 1.807) is 6.07 Å². The van der Waals surface area contributed by atoms with Crippen LogP contribution < -0.4 is 0 Å². The van der Waals surface area contributed by atoms with Crippen LogP contribution in [0, 0.1) is 0 Å². The number of carbonyl (C=O) groups is 2. The van der Waals surface area contributed by atoms with Gasteiger partial charge in [-0.2, -0.15) is 0 Å². The summed E-state index contributed by atoms with van der Waals surface area (Å²) >= 11 is 0. The SMILES string of the molecule is O=C(O)OC1CCc2c(ccc3ccccc23)C1OC(=O)O. The van der Waals surface area contributed by atoms with E-state index in [1.165, 1.54) is 0 Å². The summed E-state index contributed by atoms with van der Waals surface area (Å²) in [5.41, 5.74) is 1.65. The highest BCUT2D eigenvalue weighted by atomic mass is 16.7. The maximum absolute atomic E-state index is 10.9. The second-order valence-corrected chi connectivity index (χ2v) is 5.12. The minimum absolute atomic E-state index is 0.380. The Kier molecular flexibility index (Phi) is 3.58. The summed E-state index contributed by atoms with van der Waals surface area (Å²) < 4.78 is 9.71. The van der Waals surface area contributed by atoms with E-state index in [2.05, 4.69) is 0 Å². The third-order valence-corrected chi connectivity index (χ3v) is 3.88. The Bertz CT molecular complexity index is 738. The van der Waals surface area contributed by atoms with E-state index in [-0.39, 0.29) is 0 Å². The summed E-state index contributed by atoms with van der Waals surface area (Å²) in [7, 11) is 0. The van der Waals surface area contributed by atoms with Gasteiger partial charge in [-0.05, 0) is 29.2 Å². The van der Waals surface area contributed by atoms with Crippen molar-refractivity contribution in [3.63, 3.8) is 0 Å². The monoisotopic (exact) mass is 302 g/mol. The van der Waals surface area contributed by atoms with Crippen molar-refractivity contribution in [3.8, 4) is 0 Å². The molecule has 2 N–H and O–H groups in total. The third kappa shape index (κ3) is 2.55. The zero-order valence-corrected chi connectivity index (χ0v) is 11.6. The number of aryl methyl sites for hydroxylation is 1. The van der Waals surface area contributed by atoms with Crippen LogP contribution in [-0.4, -0.2) is 28.6 Å². The molecule has 1 aliphatic rings.